The van der Waals surface area contributed by atoms with Gasteiger partial charge in [-0.25, -0.2) is 8.42 Å². The minimum Gasteiger partial charge on any atom is -0.468 e. The number of carbonyl (C=O) groups excluding carboxylic acids is 2. The molecule has 2 rings (SSSR count). The minimum absolute atomic E-state index is 0.0276. The normalized spacial score (nSPS) is 11.6. The van der Waals surface area contributed by atoms with Gasteiger partial charge in [-0.3, -0.25) is 9.59 Å². The first-order chi connectivity index (χ1) is 13.7. The fraction of sp³-hybridized carbons (Fsp3) is 0.238. The molecule has 2 aromatic rings. The Morgan fingerprint density at radius 1 is 1.03 bits per heavy atom. The van der Waals surface area contributed by atoms with Crippen LogP contribution in [0.1, 0.15) is 30.9 Å². The van der Waals surface area contributed by atoms with Crippen LogP contribution in [0.4, 0.5) is 5.69 Å². The van der Waals surface area contributed by atoms with E-state index in [1.807, 2.05) is 24.3 Å². The number of rotatable bonds is 8. The standard InChI is InChI=1S/C21H24N2O5S/c1-15(2)17-7-4-16(5-8-17)6-13-20(24)23-18-9-11-19(12-10-18)29(26,27)22-14-21(25)28-3/h4-13,15,22H,14H2,1-3H3,(H,23,24)/b13-6+. The molecular weight excluding hydrogens is 392 g/mol. The van der Waals surface area contributed by atoms with E-state index in [0.29, 0.717) is 11.6 Å². The van der Waals surface area contributed by atoms with Crippen LogP contribution in [0.25, 0.3) is 6.08 Å². The van der Waals surface area contributed by atoms with E-state index in [1.165, 1.54) is 43.0 Å². The summed E-state index contributed by atoms with van der Waals surface area (Å²) < 4.78 is 30.7. The Bertz CT molecular complexity index is 979. The first kappa shape index (κ1) is 22.3. The average molecular weight is 416 g/mol. The highest BCUT2D eigenvalue weighted by atomic mass is 32.2. The zero-order valence-corrected chi connectivity index (χ0v) is 17.3. The second-order valence-electron chi connectivity index (χ2n) is 6.57. The van der Waals surface area contributed by atoms with E-state index in [4.69, 9.17) is 0 Å². The molecule has 0 aliphatic carbocycles. The van der Waals surface area contributed by atoms with Gasteiger partial charge in [-0.15, -0.1) is 0 Å². The number of amides is 1. The maximum absolute atomic E-state index is 12.1. The number of hydrogen-bond donors (Lipinski definition) is 2. The van der Waals surface area contributed by atoms with Crippen molar-refractivity contribution in [2.24, 2.45) is 0 Å². The number of nitrogens with one attached hydrogen (secondary N) is 2. The van der Waals surface area contributed by atoms with E-state index in [-0.39, 0.29) is 10.8 Å². The van der Waals surface area contributed by atoms with Crippen molar-refractivity contribution >= 4 is 33.7 Å². The maximum atomic E-state index is 12.1. The summed E-state index contributed by atoms with van der Waals surface area (Å²) in [6.45, 7) is 3.77. The van der Waals surface area contributed by atoms with Gasteiger partial charge in [0.05, 0.1) is 12.0 Å². The minimum atomic E-state index is -3.84. The number of ether oxygens (including phenoxy) is 1. The van der Waals surface area contributed by atoms with Crippen molar-refractivity contribution in [1.29, 1.82) is 0 Å². The predicted octanol–water partition coefficient (Wildman–Crippen LogP) is 2.91. The Hall–Kier alpha value is -2.97. The molecule has 0 fully saturated rings. The average Bonchev–Trinajstić information content (AvgIpc) is 2.71. The van der Waals surface area contributed by atoms with Crippen molar-refractivity contribution in [1.82, 2.24) is 4.72 Å². The fourth-order valence-electron chi connectivity index (χ4n) is 2.37. The molecular formula is C21H24N2O5S. The van der Waals surface area contributed by atoms with E-state index in [2.05, 4.69) is 28.6 Å². The van der Waals surface area contributed by atoms with Crippen LogP contribution in [-0.4, -0.2) is 33.9 Å². The highest BCUT2D eigenvalue weighted by molar-refractivity contribution is 7.89. The molecule has 0 aliphatic heterocycles. The third-order valence-electron chi connectivity index (χ3n) is 4.10. The van der Waals surface area contributed by atoms with Crippen LogP contribution in [0.3, 0.4) is 0 Å². The number of anilines is 1. The summed E-state index contributed by atoms with van der Waals surface area (Å²) in [4.78, 5) is 23.1. The van der Waals surface area contributed by atoms with Crippen molar-refractivity contribution in [3.8, 4) is 0 Å². The molecule has 0 saturated heterocycles. The summed E-state index contributed by atoms with van der Waals surface area (Å²) in [5.74, 6) is -0.584. The zero-order valence-electron chi connectivity index (χ0n) is 16.5. The molecule has 0 radical (unpaired) electrons. The lowest BCUT2D eigenvalue weighted by atomic mass is 10.0. The van der Waals surface area contributed by atoms with E-state index >= 15 is 0 Å². The number of sulfonamides is 1. The molecule has 2 N–H and O–H groups in total. The monoisotopic (exact) mass is 416 g/mol. The van der Waals surface area contributed by atoms with Gasteiger partial charge < -0.3 is 10.1 Å². The van der Waals surface area contributed by atoms with Crippen molar-refractivity contribution in [2.45, 2.75) is 24.7 Å². The van der Waals surface area contributed by atoms with Crippen molar-refractivity contribution < 1.29 is 22.7 Å². The Morgan fingerprint density at radius 2 is 1.66 bits per heavy atom. The quantitative estimate of drug-likeness (QED) is 0.509. The third kappa shape index (κ3) is 6.85. The SMILES string of the molecule is COC(=O)CNS(=O)(=O)c1ccc(NC(=O)/C=C/c2ccc(C(C)C)cc2)cc1. The Labute approximate surface area is 170 Å². The summed E-state index contributed by atoms with van der Waals surface area (Å²) in [5.41, 5.74) is 2.58. The number of carbonyl (C=O) groups is 2. The van der Waals surface area contributed by atoms with Crippen LogP contribution in [0, 0.1) is 0 Å². The Morgan fingerprint density at radius 3 is 2.21 bits per heavy atom. The van der Waals surface area contributed by atoms with Gasteiger partial charge in [0.2, 0.25) is 15.9 Å². The van der Waals surface area contributed by atoms with Crippen LogP contribution in [-0.2, 0) is 24.3 Å². The molecule has 0 unspecified atom stereocenters. The zero-order chi connectivity index (χ0) is 21.4. The summed E-state index contributed by atoms with van der Waals surface area (Å²) in [6, 6.07) is 13.5. The van der Waals surface area contributed by atoms with Gasteiger partial charge in [-0.1, -0.05) is 38.1 Å². The lowest BCUT2D eigenvalue weighted by molar-refractivity contribution is -0.139. The number of benzene rings is 2. The van der Waals surface area contributed by atoms with Crippen LogP contribution in [0.2, 0.25) is 0 Å². The molecule has 8 heteroatoms. The molecule has 154 valence electrons. The summed E-state index contributed by atoms with van der Waals surface area (Å²) >= 11 is 0. The molecule has 29 heavy (non-hydrogen) atoms. The molecule has 0 bridgehead atoms. The molecule has 2 aromatic carbocycles. The third-order valence-corrected chi connectivity index (χ3v) is 5.51. The second kappa shape index (κ2) is 9.99. The van der Waals surface area contributed by atoms with Crippen LogP contribution in [0.15, 0.2) is 59.5 Å². The van der Waals surface area contributed by atoms with Gasteiger partial charge in [0.25, 0.3) is 0 Å². The first-order valence-electron chi connectivity index (χ1n) is 8.97. The summed E-state index contributed by atoms with van der Waals surface area (Å²) in [5, 5.41) is 2.66. The Kier molecular flexibility index (Phi) is 7.69. The van der Waals surface area contributed by atoms with Crippen LogP contribution < -0.4 is 10.0 Å². The molecule has 0 aromatic heterocycles. The molecule has 0 aliphatic rings. The fourth-order valence-corrected chi connectivity index (χ4v) is 3.34. The van der Waals surface area contributed by atoms with Crippen LogP contribution >= 0.6 is 0 Å². The summed E-state index contributed by atoms with van der Waals surface area (Å²) in [7, 11) is -2.67. The van der Waals surface area contributed by atoms with Crippen molar-refractivity contribution in [3.63, 3.8) is 0 Å². The van der Waals surface area contributed by atoms with Crippen molar-refractivity contribution in [3.05, 3.63) is 65.7 Å². The largest absolute Gasteiger partial charge is 0.468 e. The van der Waals surface area contributed by atoms with E-state index < -0.39 is 22.5 Å². The van der Waals surface area contributed by atoms with Crippen molar-refractivity contribution in [2.75, 3.05) is 19.0 Å². The predicted molar refractivity (Wildman–Crippen MR) is 112 cm³/mol. The summed E-state index contributed by atoms with van der Waals surface area (Å²) in [6.07, 6.45) is 3.11. The molecule has 0 heterocycles. The topological polar surface area (TPSA) is 102 Å². The molecule has 7 nitrogen and oxygen atoms in total. The van der Waals surface area contributed by atoms with Crippen LogP contribution in [0.5, 0.6) is 0 Å². The van der Waals surface area contributed by atoms with Gasteiger partial charge >= 0.3 is 5.97 Å². The smallest absolute Gasteiger partial charge is 0.320 e. The second-order valence-corrected chi connectivity index (χ2v) is 8.34. The van der Waals surface area contributed by atoms with Gasteiger partial charge in [-0.05, 0) is 47.4 Å². The van der Waals surface area contributed by atoms with Gasteiger partial charge in [0.15, 0.2) is 0 Å². The Balaban J connectivity index is 1.96. The lowest BCUT2D eigenvalue weighted by Crippen LogP contribution is -2.30. The highest BCUT2D eigenvalue weighted by Crippen LogP contribution is 2.16. The van der Waals surface area contributed by atoms with E-state index in [9.17, 15) is 18.0 Å². The van der Waals surface area contributed by atoms with Gasteiger partial charge in [0.1, 0.15) is 6.54 Å². The molecule has 0 atom stereocenters. The van der Waals surface area contributed by atoms with Gasteiger partial charge in [-0.2, -0.15) is 4.72 Å². The highest BCUT2D eigenvalue weighted by Gasteiger charge is 2.15. The molecule has 0 saturated carbocycles. The molecule has 0 spiro atoms. The number of hydrogen-bond acceptors (Lipinski definition) is 5. The number of esters is 1. The maximum Gasteiger partial charge on any atom is 0.320 e. The lowest BCUT2D eigenvalue weighted by Gasteiger charge is -2.07. The van der Waals surface area contributed by atoms with E-state index in [0.717, 1.165) is 5.56 Å². The molecule has 1 amide bonds. The number of methoxy groups -OCH3 is 1. The van der Waals surface area contributed by atoms with Gasteiger partial charge in [0, 0.05) is 11.8 Å². The first-order valence-corrected chi connectivity index (χ1v) is 10.4. The van der Waals surface area contributed by atoms with E-state index in [1.54, 1.807) is 6.08 Å².